The lowest BCUT2D eigenvalue weighted by atomic mass is 10.2. The normalized spacial score (nSPS) is 10.3. The molecule has 1 aromatic heterocycles. The van der Waals surface area contributed by atoms with E-state index in [-0.39, 0.29) is 0 Å². The maximum Gasteiger partial charge on any atom is 0.123 e. The molecule has 0 saturated heterocycles. The second-order valence-electron chi connectivity index (χ2n) is 4.35. The molecule has 0 bridgehead atoms. The molecule has 0 aliphatic carbocycles. The van der Waals surface area contributed by atoms with E-state index < -0.39 is 0 Å². The standard InChI is InChI=1S/C15H19N3/c1-2-10-18(12-13-6-4-3-5-7-13)14-8-9-15(16)17-11-14/h3-9,11H,2,10,12H2,1H3,(H2,16,17). The predicted molar refractivity (Wildman–Crippen MR) is 76.4 cm³/mol. The van der Waals surface area contributed by atoms with Crippen LogP contribution in [0.1, 0.15) is 18.9 Å². The molecule has 18 heavy (non-hydrogen) atoms. The number of rotatable bonds is 5. The van der Waals surface area contributed by atoms with Crippen molar-refractivity contribution in [2.24, 2.45) is 0 Å². The highest BCUT2D eigenvalue weighted by Crippen LogP contribution is 2.17. The number of nitrogen functional groups attached to an aromatic ring is 1. The molecule has 0 fully saturated rings. The van der Waals surface area contributed by atoms with E-state index in [9.17, 15) is 0 Å². The fourth-order valence-electron chi connectivity index (χ4n) is 1.96. The third-order valence-electron chi connectivity index (χ3n) is 2.85. The lowest BCUT2D eigenvalue weighted by Gasteiger charge is -2.24. The maximum absolute atomic E-state index is 5.62. The van der Waals surface area contributed by atoms with Gasteiger partial charge < -0.3 is 10.6 Å². The molecule has 0 aliphatic rings. The molecule has 0 unspecified atom stereocenters. The Hall–Kier alpha value is -2.03. The van der Waals surface area contributed by atoms with Crippen LogP contribution in [-0.4, -0.2) is 11.5 Å². The number of hydrogen-bond acceptors (Lipinski definition) is 3. The summed E-state index contributed by atoms with van der Waals surface area (Å²) in [4.78, 5) is 6.48. The molecule has 94 valence electrons. The topological polar surface area (TPSA) is 42.1 Å². The molecule has 0 saturated carbocycles. The van der Waals surface area contributed by atoms with Gasteiger partial charge in [-0.2, -0.15) is 0 Å². The van der Waals surface area contributed by atoms with Crippen molar-refractivity contribution >= 4 is 11.5 Å². The summed E-state index contributed by atoms with van der Waals surface area (Å²) in [6.45, 7) is 4.10. The third-order valence-corrected chi connectivity index (χ3v) is 2.85. The van der Waals surface area contributed by atoms with E-state index in [1.165, 1.54) is 5.56 Å². The van der Waals surface area contributed by atoms with Gasteiger partial charge in [-0.3, -0.25) is 0 Å². The number of benzene rings is 1. The van der Waals surface area contributed by atoms with E-state index in [2.05, 4.69) is 41.1 Å². The molecule has 0 amide bonds. The van der Waals surface area contributed by atoms with E-state index in [1.54, 1.807) is 0 Å². The number of hydrogen-bond donors (Lipinski definition) is 1. The van der Waals surface area contributed by atoms with Gasteiger partial charge in [-0.1, -0.05) is 37.3 Å². The van der Waals surface area contributed by atoms with Crippen LogP contribution in [0.2, 0.25) is 0 Å². The van der Waals surface area contributed by atoms with Crippen molar-refractivity contribution in [1.29, 1.82) is 0 Å². The number of aromatic nitrogens is 1. The van der Waals surface area contributed by atoms with Crippen LogP contribution in [0.25, 0.3) is 0 Å². The zero-order valence-corrected chi connectivity index (χ0v) is 10.7. The van der Waals surface area contributed by atoms with E-state index >= 15 is 0 Å². The molecule has 0 spiro atoms. The van der Waals surface area contributed by atoms with Crippen molar-refractivity contribution in [3.63, 3.8) is 0 Å². The Morgan fingerprint density at radius 1 is 1.11 bits per heavy atom. The summed E-state index contributed by atoms with van der Waals surface area (Å²) in [5.74, 6) is 0.565. The minimum absolute atomic E-state index is 0.565. The first kappa shape index (κ1) is 12.4. The van der Waals surface area contributed by atoms with E-state index in [1.807, 2.05) is 24.4 Å². The van der Waals surface area contributed by atoms with Gasteiger partial charge in [0.05, 0.1) is 11.9 Å². The largest absolute Gasteiger partial charge is 0.384 e. The summed E-state index contributed by atoms with van der Waals surface area (Å²) in [6, 6.07) is 14.4. The van der Waals surface area contributed by atoms with E-state index in [0.29, 0.717) is 5.82 Å². The van der Waals surface area contributed by atoms with Crippen LogP contribution in [0.15, 0.2) is 48.7 Å². The Labute approximate surface area is 108 Å². The van der Waals surface area contributed by atoms with Crippen LogP contribution in [-0.2, 0) is 6.54 Å². The summed E-state index contributed by atoms with van der Waals surface area (Å²) in [5, 5.41) is 0. The molecule has 2 aromatic rings. The molecule has 0 radical (unpaired) electrons. The molecule has 2 rings (SSSR count). The summed E-state index contributed by atoms with van der Waals surface area (Å²) in [5.41, 5.74) is 8.05. The van der Waals surface area contributed by atoms with Crippen LogP contribution in [0, 0.1) is 0 Å². The third kappa shape index (κ3) is 3.23. The first-order chi connectivity index (χ1) is 8.79. The molecule has 0 atom stereocenters. The molecule has 3 nitrogen and oxygen atoms in total. The van der Waals surface area contributed by atoms with Crippen molar-refractivity contribution in [1.82, 2.24) is 4.98 Å². The lowest BCUT2D eigenvalue weighted by molar-refractivity contribution is 0.765. The van der Waals surface area contributed by atoms with Crippen LogP contribution in [0.5, 0.6) is 0 Å². The minimum Gasteiger partial charge on any atom is -0.384 e. The second-order valence-corrected chi connectivity index (χ2v) is 4.35. The highest BCUT2D eigenvalue weighted by atomic mass is 15.1. The zero-order valence-electron chi connectivity index (χ0n) is 10.7. The molecule has 0 aliphatic heterocycles. The van der Waals surface area contributed by atoms with Gasteiger partial charge in [0.1, 0.15) is 5.82 Å². The highest BCUT2D eigenvalue weighted by molar-refractivity contribution is 5.48. The van der Waals surface area contributed by atoms with Gasteiger partial charge in [-0.15, -0.1) is 0 Å². The van der Waals surface area contributed by atoms with Crippen molar-refractivity contribution in [2.45, 2.75) is 19.9 Å². The molecular formula is C15H19N3. The fourth-order valence-corrected chi connectivity index (χ4v) is 1.96. The van der Waals surface area contributed by atoms with E-state index in [0.717, 1.165) is 25.2 Å². The predicted octanol–water partition coefficient (Wildman–Crippen LogP) is 3.08. The molecule has 2 N–H and O–H groups in total. The fraction of sp³-hybridized carbons (Fsp3) is 0.267. The zero-order chi connectivity index (χ0) is 12.8. The van der Waals surface area contributed by atoms with Gasteiger partial charge in [-0.05, 0) is 24.1 Å². The highest BCUT2D eigenvalue weighted by Gasteiger charge is 2.06. The molecular weight excluding hydrogens is 222 g/mol. The molecule has 1 aromatic carbocycles. The smallest absolute Gasteiger partial charge is 0.123 e. The number of nitrogens with zero attached hydrogens (tertiary/aromatic N) is 2. The van der Waals surface area contributed by atoms with Crippen LogP contribution >= 0.6 is 0 Å². The van der Waals surface area contributed by atoms with Gasteiger partial charge in [0, 0.05) is 13.1 Å². The summed E-state index contributed by atoms with van der Waals surface area (Å²) in [7, 11) is 0. The van der Waals surface area contributed by atoms with Crippen molar-refractivity contribution in [2.75, 3.05) is 17.2 Å². The molecule has 3 heteroatoms. The van der Waals surface area contributed by atoms with E-state index in [4.69, 9.17) is 5.73 Å². The van der Waals surface area contributed by atoms with Gasteiger partial charge in [0.2, 0.25) is 0 Å². The summed E-state index contributed by atoms with van der Waals surface area (Å²) < 4.78 is 0. The minimum atomic E-state index is 0.565. The van der Waals surface area contributed by atoms with Gasteiger partial charge >= 0.3 is 0 Å². The Balaban J connectivity index is 2.15. The van der Waals surface area contributed by atoms with Crippen molar-refractivity contribution in [3.8, 4) is 0 Å². The first-order valence-electron chi connectivity index (χ1n) is 6.30. The maximum atomic E-state index is 5.62. The van der Waals surface area contributed by atoms with Crippen LogP contribution < -0.4 is 10.6 Å². The van der Waals surface area contributed by atoms with Crippen molar-refractivity contribution < 1.29 is 0 Å². The second kappa shape index (κ2) is 6.05. The Kier molecular flexibility index (Phi) is 4.18. The number of pyridine rings is 1. The lowest BCUT2D eigenvalue weighted by Crippen LogP contribution is -2.23. The average Bonchev–Trinajstić information content (AvgIpc) is 2.40. The SMILES string of the molecule is CCCN(Cc1ccccc1)c1ccc(N)nc1. The quantitative estimate of drug-likeness (QED) is 0.874. The average molecular weight is 241 g/mol. The summed E-state index contributed by atoms with van der Waals surface area (Å²) in [6.07, 6.45) is 2.95. The van der Waals surface area contributed by atoms with Crippen LogP contribution in [0.3, 0.4) is 0 Å². The number of nitrogens with two attached hydrogens (primary N) is 1. The van der Waals surface area contributed by atoms with Gasteiger partial charge in [0.25, 0.3) is 0 Å². The Morgan fingerprint density at radius 2 is 1.89 bits per heavy atom. The van der Waals surface area contributed by atoms with Gasteiger partial charge in [-0.25, -0.2) is 4.98 Å². The Bertz CT molecular complexity index is 465. The number of anilines is 2. The van der Waals surface area contributed by atoms with Crippen molar-refractivity contribution in [3.05, 3.63) is 54.2 Å². The van der Waals surface area contributed by atoms with Crippen LogP contribution in [0.4, 0.5) is 11.5 Å². The Morgan fingerprint density at radius 3 is 2.50 bits per heavy atom. The van der Waals surface area contributed by atoms with Gasteiger partial charge in [0.15, 0.2) is 0 Å². The summed E-state index contributed by atoms with van der Waals surface area (Å²) >= 11 is 0. The first-order valence-corrected chi connectivity index (χ1v) is 6.30. The monoisotopic (exact) mass is 241 g/mol. The molecule has 1 heterocycles.